The average Bonchev–Trinajstić information content (AvgIpc) is 3.83. The van der Waals surface area contributed by atoms with Crippen LogP contribution in [0, 0.1) is 0 Å². The molecule has 0 fully saturated rings. The zero-order valence-electron chi connectivity index (χ0n) is 32.9. The van der Waals surface area contributed by atoms with E-state index >= 15 is 0 Å². The Balaban J connectivity index is 1.12. The largest absolute Gasteiger partial charge is 0.457 e. The van der Waals surface area contributed by atoms with Crippen molar-refractivity contribution < 1.29 is 4.74 Å². The lowest BCUT2D eigenvalue weighted by Gasteiger charge is -2.45. The molecule has 60 heavy (non-hydrogen) atoms. The number of aromatic nitrogens is 2. The van der Waals surface area contributed by atoms with Crippen LogP contribution in [-0.2, 0) is 5.41 Å². The first kappa shape index (κ1) is 33.2. The van der Waals surface area contributed by atoms with Gasteiger partial charge in [0.2, 0.25) is 0 Å². The van der Waals surface area contributed by atoms with Crippen LogP contribution in [0.4, 0.5) is 11.4 Å². The number of fused-ring (bicyclic) bond motifs is 14. The van der Waals surface area contributed by atoms with Gasteiger partial charge in [0.25, 0.3) is 0 Å². The first-order valence-corrected chi connectivity index (χ1v) is 20.7. The lowest BCUT2D eigenvalue weighted by Crippen LogP contribution is -2.37. The molecule has 4 nitrogen and oxygen atoms in total. The van der Waals surface area contributed by atoms with E-state index in [0.717, 1.165) is 50.7 Å². The summed E-state index contributed by atoms with van der Waals surface area (Å²) in [6.45, 7) is 0. The fourth-order valence-corrected chi connectivity index (χ4v) is 10.7. The number of anilines is 2. The van der Waals surface area contributed by atoms with E-state index in [9.17, 15) is 0 Å². The summed E-state index contributed by atoms with van der Waals surface area (Å²) >= 11 is 0. The Kier molecular flexibility index (Phi) is 6.83. The molecule has 1 spiro atoms. The molecule has 1 atom stereocenters. The van der Waals surface area contributed by atoms with Crippen molar-refractivity contribution in [1.29, 1.82) is 0 Å². The Labute approximate surface area is 347 Å². The number of para-hydroxylation sites is 6. The molecule has 9 aromatic carbocycles. The van der Waals surface area contributed by atoms with Gasteiger partial charge in [0, 0.05) is 62.7 Å². The quantitative estimate of drug-likeness (QED) is 0.178. The maximum Gasteiger partial charge on any atom is 0.134 e. The van der Waals surface area contributed by atoms with Gasteiger partial charge < -0.3 is 18.8 Å². The highest BCUT2D eigenvalue weighted by atomic mass is 16.5. The van der Waals surface area contributed by atoms with E-state index in [0.29, 0.717) is 0 Å². The Morgan fingerprint density at radius 2 is 1.07 bits per heavy atom. The van der Waals surface area contributed by atoms with Crippen LogP contribution < -0.4 is 9.64 Å². The Morgan fingerprint density at radius 1 is 0.433 bits per heavy atom. The molecule has 0 N–H and O–H groups in total. The van der Waals surface area contributed by atoms with Crippen LogP contribution in [0.15, 0.2) is 206 Å². The van der Waals surface area contributed by atoms with Gasteiger partial charge in [-0.15, -0.1) is 0 Å². The Morgan fingerprint density at radius 3 is 1.88 bits per heavy atom. The molecule has 0 radical (unpaired) electrons. The second kappa shape index (κ2) is 12.3. The molecule has 4 heteroatoms. The highest BCUT2D eigenvalue weighted by Crippen LogP contribution is 2.61. The molecular formula is C56H37N3O. The molecular weight excluding hydrogens is 731 g/mol. The van der Waals surface area contributed by atoms with Crippen LogP contribution in [0.25, 0.3) is 66.1 Å². The molecule has 0 saturated heterocycles. The van der Waals surface area contributed by atoms with Crippen LogP contribution >= 0.6 is 0 Å². The molecule has 0 saturated carbocycles. The van der Waals surface area contributed by atoms with Crippen LogP contribution in [0.3, 0.4) is 0 Å². The molecule has 2 aliphatic rings. The second-order valence-electron chi connectivity index (χ2n) is 16.1. The molecule has 4 heterocycles. The van der Waals surface area contributed by atoms with Crippen molar-refractivity contribution in [3.63, 3.8) is 0 Å². The van der Waals surface area contributed by atoms with Crippen molar-refractivity contribution in [2.75, 3.05) is 11.9 Å². The van der Waals surface area contributed by atoms with Gasteiger partial charge in [-0.25, -0.2) is 0 Å². The maximum absolute atomic E-state index is 7.13. The van der Waals surface area contributed by atoms with E-state index in [2.05, 4.69) is 227 Å². The summed E-state index contributed by atoms with van der Waals surface area (Å²) in [5.41, 5.74) is 15.8. The lowest BCUT2D eigenvalue weighted by atomic mass is 9.61. The molecule has 282 valence electrons. The fourth-order valence-electron chi connectivity index (χ4n) is 10.7. The first-order valence-electron chi connectivity index (χ1n) is 20.7. The normalized spacial score (nSPS) is 14.9. The summed E-state index contributed by atoms with van der Waals surface area (Å²) in [7, 11) is 2.16. The van der Waals surface area contributed by atoms with Gasteiger partial charge in [-0.2, -0.15) is 0 Å². The SMILES string of the molecule is CN(c1ccccc1)c1cc(-n2c3ccccc3c3cc4c(cc32)Oc2ccccc2C42c3ccccc3-n3c4ccccc4c4cccc2c43)ccc1-c1ccccc1. The maximum atomic E-state index is 7.13. The number of benzene rings is 9. The number of rotatable bonds is 4. The molecule has 0 bridgehead atoms. The van der Waals surface area contributed by atoms with Crippen LogP contribution in [0.5, 0.6) is 11.5 Å². The second-order valence-corrected chi connectivity index (χ2v) is 16.1. The van der Waals surface area contributed by atoms with Crippen LogP contribution in [0.1, 0.15) is 22.3 Å². The number of hydrogen-bond acceptors (Lipinski definition) is 2. The molecule has 0 aliphatic carbocycles. The van der Waals surface area contributed by atoms with Crippen molar-refractivity contribution in [3.8, 4) is 34.0 Å². The van der Waals surface area contributed by atoms with E-state index in [4.69, 9.17) is 4.74 Å². The predicted molar refractivity (Wildman–Crippen MR) is 247 cm³/mol. The van der Waals surface area contributed by atoms with E-state index in [-0.39, 0.29) is 0 Å². The minimum atomic E-state index is -0.648. The fraction of sp³-hybridized carbons (Fsp3) is 0.0357. The van der Waals surface area contributed by atoms with Crippen molar-refractivity contribution in [2.24, 2.45) is 0 Å². The van der Waals surface area contributed by atoms with Crippen molar-refractivity contribution >= 4 is 55.0 Å². The van der Waals surface area contributed by atoms with Crippen molar-refractivity contribution in [3.05, 3.63) is 229 Å². The average molecular weight is 768 g/mol. The topological polar surface area (TPSA) is 22.3 Å². The van der Waals surface area contributed by atoms with Crippen molar-refractivity contribution in [2.45, 2.75) is 5.41 Å². The summed E-state index contributed by atoms with van der Waals surface area (Å²) < 4.78 is 12.0. The third kappa shape index (κ3) is 4.34. The zero-order chi connectivity index (χ0) is 39.5. The molecule has 2 aliphatic heterocycles. The smallest absolute Gasteiger partial charge is 0.134 e. The summed E-state index contributed by atoms with van der Waals surface area (Å²) in [4.78, 5) is 2.30. The van der Waals surface area contributed by atoms with E-state index < -0.39 is 5.41 Å². The lowest BCUT2D eigenvalue weighted by molar-refractivity contribution is 0.435. The van der Waals surface area contributed by atoms with Gasteiger partial charge in [0.05, 0.1) is 38.9 Å². The highest BCUT2D eigenvalue weighted by molar-refractivity contribution is 6.14. The van der Waals surface area contributed by atoms with Crippen LogP contribution in [-0.4, -0.2) is 16.2 Å². The van der Waals surface area contributed by atoms with Gasteiger partial charge in [-0.05, 0) is 71.3 Å². The van der Waals surface area contributed by atoms with Gasteiger partial charge in [-0.1, -0.05) is 146 Å². The molecule has 13 rings (SSSR count). The molecule has 1 unspecified atom stereocenters. The Bertz CT molecular complexity index is 3540. The third-order valence-corrected chi connectivity index (χ3v) is 13.2. The summed E-state index contributed by atoms with van der Waals surface area (Å²) in [6.07, 6.45) is 0. The standard InChI is InChI=1S/C56H37N3O/c1-57(37-19-6-3-7-20-37)51-33-38(31-32-39(51)36-17-4-2-5-18-36)58-48-27-12-9-22-41(48)43-34-47-54(35-52(43)58)60-53-30-15-11-25-45(53)56(47)44-24-10-14-29-50(44)59-49-28-13-8-21-40(49)42-23-16-26-46(56)55(42)59/h2-35H,1H3. The summed E-state index contributed by atoms with van der Waals surface area (Å²) in [5, 5.41) is 4.91. The number of hydrogen-bond donors (Lipinski definition) is 0. The van der Waals surface area contributed by atoms with Gasteiger partial charge >= 0.3 is 0 Å². The van der Waals surface area contributed by atoms with Crippen LogP contribution in [0.2, 0.25) is 0 Å². The van der Waals surface area contributed by atoms with E-state index in [1.54, 1.807) is 0 Å². The zero-order valence-corrected chi connectivity index (χ0v) is 32.9. The number of nitrogens with zero attached hydrogens (tertiary/aromatic N) is 3. The van der Waals surface area contributed by atoms with Gasteiger partial charge in [0.1, 0.15) is 11.5 Å². The minimum absolute atomic E-state index is 0.648. The monoisotopic (exact) mass is 767 g/mol. The van der Waals surface area contributed by atoms with E-state index in [1.165, 1.54) is 60.5 Å². The summed E-state index contributed by atoms with van der Waals surface area (Å²) in [5.74, 6) is 1.74. The third-order valence-electron chi connectivity index (χ3n) is 13.2. The Hall–Kier alpha value is -7.82. The van der Waals surface area contributed by atoms with Gasteiger partial charge in [0.15, 0.2) is 0 Å². The van der Waals surface area contributed by atoms with E-state index in [1.807, 2.05) is 0 Å². The molecule has 0 amide bonds. The first-order chi connectivity index (χ1) is 29.7. The van der Waals surface area contributed by atoms with Gasteiger partial charge in [-0.3, -0.25) is 0 Å². The number of ether oxygens (including phenoxy) is 1. The van der Waals surface area contributed by atoms with Crippen molar-refractivity contribution in [1.82, 2.24) is 9.13 Å². The molecule has 11 aromatic rings. The summed E-state index contributed by atoms with van der Waals surface area (Å²) in [6, 6.07) is 75.2. The molecule has 2 aromatic heterocycles. The highest BCUT2D eigenvalue weighted by Gasteiger charge is 2.50. The predicted octanol–water partition coefficient (Wildman–Crippen LogP) is 14.1. The minimum Gasteiger partial charge on any atom is -0.457 e.